The molecule has 4 nitrogen and oxygen atoms in total. The Labute approximate surface area is 85.2 Å². The molecule has 0 saturated carbocycles. The molecule has 0 heterocycles. The maximum atomic E-state index is 10.9. The highest BCUT2D eigenvalue weighted by molar-refractivity contribution is 5.69. The van der Waals surface area contributed by atoms with Gasteiger partial charge in [-0.15, -0.1) is 6.42 Å². The average Bonchev–Trinajstić information content (AvgIpc) is 2.21. The summed E-state index contributed by atoms with van der Waals surface area (Å²) in [5, 5.41) is 0. The summed E-state index contributed by atoms with van der Waals surface area (Å²) in [6.07, 6.45) is 5.55. The molecule has 0 aliphatic rings. The summed E-state index contributed by atoms with van der Waals surface area (Å²) in [5.41, 5.74) is 0. The number of methoxy groups -OCH3 is 2. The normalized spacial score (nSPS) is 9.86. The molecule has 0 aromatic rings. The van der Waals surface area contributed by atoms with Gasteiger partial charge < -0.3 is 9.47 Å². The maximum absolute atomic E-state index is 10.9. The minimum atomic E-state index is -0.218. The molecular formula is C10H17NO3. The van der Waals surface area contributed by atoms with Crippen LogP contribution in [0.4, 0.5) is 0 Å². The van der Waals surface area contributed by atoms with Crippen molar-refractivity contribution in [1.82, 2.24) is 4.90 Å². The molecular weight excluding hydrogens is 182 g/mol. The number of ether oxygens (including phenoxy) is 2. The topological polar surface area (TPSA) is 38.8 Å². The lowest BCUT2D eigenvalue weighted by Crippen LogP contribution is -2.30. The van der Waals surface area contributed by atoms with E-state index in [0.29, 0.717) is 26.1 Å². The Hall–Kier alpha value is -1.05. The summed E-state index contributed by atoms with van der Waals surface area (Å²) in [5.74, 6) is 2.32. The third kappa shape index (κ3) is 6.46. The predicted octanol–water partition coefficient (Wildman–Crippen LogP) is 0.131. The minimum Gasteiger partial charge on any atom is -0.469 e. The lowest BCUT2D eigenvalue weighted by Gasteiger charge is -2.18. The molecule has 0 aliphatic carbocycles. The number of hydrogen-bond donors (Lipinski definition) is 0. The molecule has 0 fully saturated rings. The number of nitrogens with zero attached hydrogens (tertiary/aromatic N) is 1. The Morgan fingerprint density at radius 3 is 2.64 bits per heavy atom. The van der Waals surface area contributed by atoms with Crippen molar-refractivity contribution >= 4 is 5.97 Å². The third-order valence-corrected chi connectivity index (χ3v) is 1.79. The van der Waals surface area contributed by atoms with E-state index in [2.05, 4.69) is 10.7 Å². The van der Waals surface area contributed by atoms with Gasteiger partial charge in [0.25, 0.3) is 0 Å². The summed E-state index contributed by atoms with van der Waals surface area (Å²) >= 11 is 0. The van der Waals surface area contributed by atoms with E-state index < -0.39 is 0 Å². The summed E-state index contributed by atoms with van der Waals surface area (Å²) in [6.45, 7) is 2.49. The highest BCUT2D eigenvalue weighted by Crippen LogP contribution is 1.92. The van der Waals surface area contributed by atoms with Crippen LogP contribution in [0, 0.1) is 12.3 Å². The second kappa shape index (κ2) is 8.54. The van der Waals surface area contributed by atoms with Crippen LogP contribution in [0.3, 0.4) is 0 Å². The fourth-order valence-electron chi connectivity index (χ4n) is 0.971. The van der Waals surface area contributed by atoms with Gasteiger partial charge in [-0.05, 0) is 0 Å². The van der Waals surface area contributed by atoms with Crippen LogP contribution in [-0.2, 0) is 14.3 Å². The van der Waals surface area contributed by atoms with Crippen molar-refractivity contribution < 1.29 is 14.3 Å². The van der Waals surface area contributed by atoms with Gasteiger partial charge in [0.2, 0.25) is 0 Å². The molecule has 14 heavy (non-hydrogen) atoms. The van der Waals surface area contributed by atoms with Gasteiger partial charge in [-0.1, -0.05) is 5.92 Å². The van der Waals surface area contributed by atoms with Crippen molar-refractivity contribution in [3.05, 3.63) is 0 Å². The highest BCUT2D eigenvalue weighted by atomic mass is 16.5. The molecule has 0 bridgehead atoms. The first-order chi connectivity index (χ1) is 6.74. The molecule has 0 saturated heterocycles. The summed E-state index contributed by atoms with van der Waals surface area (Å²) in [4.78, 5) is 12.8. The van der Waals surface area contributed by atoms with Crippen molar-refractivity contribution in [1.29, 1.82) is 0 Å². The first-order valence-corrected chi connectivity index (χ1v) is 4.46. The zero-order valence-electron chi connectivity index (χ0n) is 8.78. The summed E-state index contributed by atoms with van der Waals surface area (Å²) < 4.78 is 9.46. The largest absolute Gasteiger partial charge is 0.469 e. The maximum Gasteiger partial charge on any atom is 0.306 e. The molecule has 0 rings (SSSR count). The summed E-state index contributed by atoms with van der Waals surface area (Å²) in [6, 6.07) is 0. The van der Waals surface area contributed by atoms with E-state index in [1.807, 2.05) is 4.90 Å². The SMILES string of the molecule is C#CCN(CCOC)CCC(=O)OC. The number of rotatable bonds is 7. The van der Waals surface area contributed by atoms with Crippen molar-refractivity contribution in [2.24, 2.45) is 0 Å². The minimum absolute atomic E-state index is 0.218. The van der Waals surface area contributed by atoms with Crippen LogP contribution in [0.5, 0.6) is 0 Å². The van der Waals surface area contributed by atoms with E-state index >= 15 is 0 Å². The molecule has 0 atom stereocenters. The number of hydrogen-bond acceptors (Lipinski definition) is 4. The molecule has 0 aliphatic heterocycles. The zero-order valence-corrected chi connectivity index (χ0v) is 8.78. The van der Waals surface area contributed by atoms with Crippen LogP contribution in [-0.4, -0.2) is 51.3 Å². The van der Waals surface area contributed by atoms with Crippen molar-refractivity contribution in [2.45, 2.75) is 6.42 Å². The number of carbonyl (C=O) groups excluding carboxylic acids is 1. The molecule has 0 amide bonds. The standard InChI is InChI=1S/C10H17NO3/c1-4-6-11(8-9-13-2)7-5-10(12)14-3/h1H,5-9H2,2-3H3. The van der Waals surface area contributed by atoms with Gasteiger partial charge in [0, 0.05) is 20.2 Å². The third-order valence-electron chi connectivity index (χ3n) is 1.79. The van der Waals surface area contributed by atoms with Crippen LogP contribution in [0.2, 0.25) is 0 Å². The van der Waals surface area contributed by atoms with Crippen LogP contribution in [0.25, 0.3) is 0 Å². The zero-order chi connectivity index (χ0) is 10.8. The van der Waals surface area contributed by atoms with Crippen LogP contribution in [0.1, 0.15) is 6.42 Å². The number of carbonyl (C=O) groups is 1. The average molecular weight is 199 g/mol. The van der Waals surface area contributed by atoms with Crippen LogP contribution < -0.4 is 0 Å². The first kappa shape index (κ1) is 12.9. The van der Waals surface area contributed by atoms with E-state index in [1.54, 1.807) is 7.11 Å². The van der Waals surface area contributed by atoms with Crippen molar-refractivity contribution in [3.8, 4) is 12.3 Å². The van der Waals surface area contributed by atoms with Crippen molar-refractivity contribution in [3.63, 3.8) is 0 Å². The summed E-state index contributed by atoms with van der Waals surface area (Å²) in [7, 11) is 3.01. The van der Waals surface area contributed by atoms with E-state index in [1.165, 1.54) is 7.11 Å². The molecule has 0 unspecified atom stereocenters. The fourth-order valence-corrected chi connectivity index (χ4v) is 0.971. The fraction of sp³-hybridized carbons (Fsp3) is 0.700. The highest BCUT2D eigenvalue weighted by Gasteiger charge is 2.06. The Morgan fingerprint density at radius 2 is 2.14 bits per heavy atom. The number of esters is 1. The molecule has 4 heteroatoms. The molecule has 0 aromatic carbocycles. The first-order valence-electron chi connectivity index (χ1n) is 4.46. The van der Waals surface area contributed by atoms with E-state index in [9.17, 15) is 4.79 Å². The lowest BCUT2D eigenvalue weighted by molar-refractivity contribution is -0.141. The monoisotopic (exact) mass is 199 g/mol. The van der Waals surface area contributed by atoms with Gasteiger partial charge >= 0.3 is 5.97 Å². The number of terminal acetylenes is 1. The predicted molar refractivity (Wildman–Crippen MR) is 53.8 cm³/mol. The van der Waals surface area contributed by atoms with Crippen LogP contribution >= 0.6 is 0 Å². The van der Waals surface area contributed by atoms with Gasteiger partial charge in [0.1, 0.15) is 0 Å². The lowest BCUT2D eigenvalue weighted by atomic mass is 10.3. The Kier molecular flexibility index (Phi) is 7.90. The van der Waals surface area contributed by atoms with E-state index in [4.69, 9.17) is 11.2 Å². The van der Waals surface area contributed by atoms with Gasteiger partial charge in [-0.3, -0.25) is 9.69 Å². The van der Waals surface area contributed by atoms with Crippen molar-refractivity contribution in [2.75, 3.05) is 40.5 Å². The second-order valence-corrected chi connectivity index (χ2v) is 2.80. The van der Waals surface area contributed by atoms with E-state index in [0.717, 1.165) is 6.54 Å². The Balaban J connectivity index is 3.73. The van der Waals surface area contributed by atoms with E-state index in [-0.39, 0.29) is 5.97 Å². The Morgan fingerprint density at radius 1 is 1.43 bits per heavy atom. The second-order valence-electron chi connectivity index (χ2n) is 2.80. The molecule has 0 N–H and O–H groups in total. The van der Waals surface area contributed by atoms with Crippen LogP contribution in [0.15, 0.2) is 0 Å². The molecule has 80 valence electrons. The molecule has 0 aromatic heterocycles. The Bertz CT molecular complexity index is 198. The van der Waals surface area contributed by atoms with Gasteiger partial charge in [-0.2, -0.15) is 0 Å². The van der Waals surface area contributed by atoms with Gasteiger partial charge in [0.15, 0.2) is 0 Å². The quantitative estimate of drug-likeness (QED) is 0.431. The smallest absolute Gasteiger partial charge is 0.306 e. The molecule has 0 radical (unpaired) electrons. The van der Waals surface area contributed by atoms with Gasteiger partial charge in [0.05, 0.1) is 26.7 Å². The van der Waals surface area contributed by atoms with Gasteiger partial charge in [-0.25, -0.2) is 0 Å². The molecule has 0 spiro atoms.